The van der Waals surface area contributed by atoms with E-state index in [2.05, 4.69) is 34.6 Å². The fourth-order valence-electron chi connectivity index (χ4n) is 5.47. The largest absolute Gasteiger partial charge is 0.381 e. The van der Waals surface area contributed by atoms with E-state index in [9.17, 15) is 4.79 Å². The Labute approximate surface area is 210 Å². The molecule has 7 nitrogen and oxygen atoms in total. The normalized spacial score (nSPS) is 19.9. The van der Waals surface area contributed by atoms with E-state index in [1.165, 1.54) is 19.3 Å². The molecule has 2 aromatic carbocycles. The van der Waals surface area contributed by atoms with Crippen LogP contribution in [0, 0.1) is 5.92 Å². The molecule has 2 aliphatic heterocycles. The van der Waals surface area contributed by atoms with Gasteiger partial charge in [0.05, 0.1) is 25.7 Å². The minimum atomic E-state index is -0.00191. The number of aromatic nitrogens is 3. The van der Waals surface area contributed by atoms with Crippen LogP contribution in [-0.4, -0.2) is 39.4 Å². The van der Waals surface area contributed by atoms with Crippen LogP contribution in [0.5, 0.6) is 0 Å². The van der Waals surface area contributed by atoms with Crippen molar-refractivity contribution < 1.29 is 9.53 Å². The molecule has 0 radical (unpaired) electrons. The highest BCUT2D eigenvalue weighted by molar-refractivity contribution is 6.32. The Bertz CT molecular complexity index is 1280. The Kier molecular flexibility index (Phi) is 5.66. The number of ether oxygens (including phenoxy) is 1. The number of fused-ring (bicyclic) bond motifs is 1. The van der Waals surface area contributed by atoms with E-state index in [0.717, 1.165) is 34.7 Å². The molecule has 1 saturated heterocycles. The smallest absolute Gasteiger partial charge is 0.258 e. The number of rotatable bonds is 7. The summed E-state index contributed by atoms with van der Waals surface area (Å²) in [4.78, 5) is 15.4. The van der Waals surface area contributed by atoms with Crippen LogP contribution >= 0.6 is 11.6 Å². The molecular weight excluding hydrogens is 462 g/mol. The third kappa shape index (κ3) is 4.05. The van der Waals surface area contributed by atoms with E-state index in [1.54, 1.807) is 6.33 Å². The number of nitrogens with one attached hydrogen (secondary N) is 1. The van der Waals surface area contributed by atoms with Gasteiger partial charge in [0.25, 0.3) is 5.91 Å². The van der Waals surface area contributed by atoms with Gasteiger partial charge in [-0.3, -0.25) is 4.79 Å². The average Bonchev–Trinajstić information content (AvgIpc) is 3.37. The van der Waals surface area contributed by atoms with Crippen molar-refractivity contribution in [3.8, 4) is 0 Å². The molecule has 3 aliphatic rings. The summed E-state index contributed by atoms with van der Waals surface area (Å²) in [5.74, 6) is 1.30. The molecule has 1 amide bonds. The Morgan fingerprint density at radius 1 is 1.26 bits per heavy atom. The van der Waals surface area contributed by atoms with Gasteiger partial charge in [-0.1, -0.05) is 23.7 Å². The van der Waals surface area contributed by atoms with Crippen molar-refractivity contribution in [1.29, 1.82) is 0 Å². The predicted molar refractivity (Wildman–Crippen MR) is 135 cm³/mol. The fourth-order valence-corrected chi connectivity index (χ4v) is 5.77. The van der Waals surface area contributed by atoms with Crippen molar-refractivity contribution >= 4 is 23.2 Å². The van der Waals surface area contributed by atoms with Crippen molar-refractivity contribution in [3.05, 3.63) is 75.8 Å². The minimum absolute atomic E-state index is 0.00191. The van der Waals surface area contributed by atoms with E-state index >= 15 is 0 Å². The van der Waals surface area contributed by atoms with Gasteiger partial charge in [-0.2, -0.15) is 0 Å². The highest BCUT2D eigenvalue weighted by Gasteiger charge is 2.36. The maximum atomic E-state index is 13.5. The van der Waals surface area contributed by atoms with Gasteiger partial charge in [0.15, 0.2) is 0 Å². The first-order chi connectivity index (χ1) is 16.9. The van der Waals surface area contributed by atoms with Gasteiger partial charge in [0.2, 0.25) is 0 Å². The lowest BCUT2D eigenvalue weighted by Gasteiger charge is -2.39. The van der Waals surface area contributed by atoms with Gasteiger partial charge in [-0.05, 0) is 61.6 Å². The molecule has 182 valence electrons. The minimum Gasteiger partial charge on any atom is -0.381 e. The van der Waals surface area contributed by atoms with Gasteiger partial charge in [0, 0.05) is 46.9 Å². The molecule has 2 fully saturated rings. The number of amides is 1. The van der Waals surface area contributed by atoms with Crippen LogP contribution < -0.4 is 10.2 Å². The van der Waals surface area contributed by atoms with Gasteiger partial charge >= 0.3 is 0 Å². The number of benzene rings is 2. The van der Waals surface area contributed by atoms with E-state index in [1.807, 2.05) is 40.8 Å². The first-order valence-corrected chi connectivity index (χ1v) is 12.7. The van der Waals surface area contributed by atoms with E-state index < -0.39 is 0 Å². The molecule has 1 unspecified atom stereocenters. The van der Waals surface area contributed by atoms with E-state index in [-0.39, 0.29) is 17.4 Å². The predicted octanol–water partition coefficient (Wildman–Crippen LogP) is 4.44. The van der Waals surface area contributed by atoms with Crippen LogP contribution in [-0.2, 0) is 24.9 Å². The van der Waals surface area contributed by atoms with Crippen molar-refractivity contribution in [3.63, 3.8) is 0 Å². The van der Waals surface area contributed by atoms with Crippen molar-refractivity contribution in [1.82, 2.24) is 20.1 Å². The standard InChI is InChI=1S/C27H30ClN5O2/c1-27(7-4-8-27)29-12-17-9-21-22(23(28)10-17)13-33(26(21)34)20-6-3-5-18(11-20)24(19-14-35-15-19)25-31-30-16-32(25)2/h3,5-6,9-11,16,19,24,29H,4,7-8,12-15H2,1-2H3. The molecule has 1 aromatic heterocycles. The summed E-state index contributed by atoms with van der Waals surface area (Å²) in [6, 6.07) is 12.2. The zero-order valence-electron chi connectivity index (χ0n) is 20.1. The topological polar surface area (TPSA) is 72.3 Å². The SMILES string of the molecule is Cn1cnnc1C(c1cccc(N2Cc3c(Cl)cc(CNC4(C)CCC4)cc3C2=O)c1)C1COC1. The van der Waals surface area contributed by atoms with Gasteiger partial charge in [-0.25, -0.2) is 0 Å². The highest BCUT2D eigenvalue weighted by Crippen LogP contribution is 2.39. The molecular formula is C27H30ClN5O2. The molecule has 8 heteroatoms. The molecule has 1 atom stereocenters. The van der Waals surface area contributed by atoms with Gasteiger partial charge < -0.3 is 19.5 Å². The van der Waals surface area contributed by atoms with Crippen LogP contribution in [0.25, 0.3) is 0 Å². The second-order valence-electron chi connectivity index (χ2n) is 10.4. The summed E-state index contributed by atoms with van der Waals surface area (Å²) in [7, 11) is 1.96. The van der Waals surface area contributed by atoms with E-state index in [0.29, 0.717) is 36.3 Å². The molecule has 1 N–H and O–H groups in total. The Morgan fingerprint density at radius 2 is 2.09 bits per heavy atom. The lowest BCUT2D eigenvalue weighted by molar-refractivity contribution is -0.0407. The summed E-state index contributed by atoms with van der Waals surface area (Å²) in [5, 5.41) is 12.8. The Morgan fingerprint density at radius 3 is 2.74 bits per heavy atom. The van der Waals surface area contributed by atoms with Crippen molar-refractivity contribution in [2.75, 3.05) is 18.1 Å². The summed E-state index contributed by atoms with van der Waals surface area (Å²) in [5.41, 5.74) is 4.84. The maximum absolute atomic E-state index is 13.5. The quantitative estimate of drug-likeness (QED) is 0.529. The number of carbonyl (C=O) groups excluding carboxylic acids is 1. The lowest BCUT2D eigenvalue weighted by atomic mass is 9.78. The average molecular weight is 492 g/mol. The first kappa shape index (κ1) is 22.7. The van der Waals surface area contributed by atoms with Gasteiger partial charge in [0.1, 0.15) is 12.2 Å². The van der Waals surface area contributed by atoms with Crippen molar-refractivity contribution in [2.24, 2.45) is 13.0 Å². The number of anilines is 1. The summed E-state index contributed by atoms with van der Waals surface area (Å²) >= 11 is 6.69. The third-order valence-corrected chi connectivity index (χ3v) is 8.26. The molecule has 0 spiro atoms. The molecule has 1 aliphatic carbocycles. The molecule has 0 bridgehead atoms. The van der Waals surface area contributed by atoms with Crippen LogP contribution in [0.3, 0.4) is 0 Å². The molecule has 6 rings (SSSR count). The number of hydrogen-bond donors (Lipinski definition) is 1. The second kappa shape index (κ2) is 8.73. The first-order valence-electron chi connectivity index (χ1n) is 12.3. The zero-order valence-corrected chi connectivity index (χ0v) is 20.9. The molecule has 3 heterocycles. The summed E-state index contributed by atoms with van der Waals surface area (Å²) in [6.45, 7) is 4.84. The van der Waals surface area contributed by atoms with E-state index in [4.69, 9.17) is 16.3 Å². The Hall–Kier alpha value is -2.74. The van der Waals surface area contributed by atoms with Crippen LogP contribution in [0.4, 0.5) is 5.69 Å². The van der Waals surface area contributed by atoms with Crippen LogP contribution in [0.1, 0.15) is 65.0 Å². The number of aryl methyl sites for hydroxylation is 1. The monoisotopic (exact) mass is 491 g/mol. The number of hydrogen-bond acceptors (Lipinski definition) is 5. The summed E-state index contributed by atoms with van der Waals surface area (Å²) < 4.78 is 7.46. The third-order valence-electron chi connectivity index (χ3n) is 7.92. The molecule has 1 saturated carbocycles. The molecule has 3 aromatic rings. The fraction of sp³-hybridized carbons (Fsp3) is 0.444. The summed E-state index contributed by atoms with van der Waals surface area (Å²) in [6.07, 6.45) is 5.38. The highest BCUT2D eigenvalue weighted by atomic mass is 35.5. The number of nitrogens with zero attached hydrogens (tertiary/aromatic N) is 4. The Balaban J connectivity index is 1.27. The second-order valence-corrected chi connectivity index (χ2v) is 10.8. The van der Waals surface area contributed by atoms with Crippen LogP contribution in [0.15, 0.2) is 42.7 Å². The van der Waals surface area contributed by atoms with Crippen LogP contribution in [0.2, 0.25) is 5.02 Å². The lowest BCUT2D eigenvalue weighted by Crippen LogP contribution is -2.47. The molecule has 35 heavy (non-hydrogen) atoms. The number of carbonyl (C=O) groups is 1. The van der Waals surface area contributed by atoms with Crippen molar-refractivity contribution in [2.45, 2.75) is 50.7 Å². The zero-order chi connectivity index (χ0) is 24.2. The van der Waals surface area contributed by atoms with Gasteiger partial charge in [-0.15, -0.1) is 10.2 Å². The maximum Gasteiger partial charge on any atom is 0.258 e. The number of halogens is 1.